The minimum atomic E-state index is -0.368. The highest BCUT2D eigenvalue weighted by Crippen LogP contribution is 2.20. The van der Waals surface area contributed by atoms with E-state index < -0.39 is 0 Å². The highest BCUT2D eigenvalue weighted by molar-refractivity contribution is 5.89. The summed E-state index contributed by atoms with van der Waals surface area (Å²) in [6, 6.07) is 5.63. The summed E-state index contributed by atoms with van der Waals surface area (Å²) >= 11 is 0. The minimum absolute atomic E-state index is 0.157. The second-order valence-electron chi connectivity index (χ2n) is 4.55. The summed E-state index contributed by atoms with van der Waals surface area (Å²) < 4.78 is 13.0. The van der Waals surface area contributed by atoms with E-state index in [1.165, 1.54) is 12.1 Å². The van der Waals surface area contributed by atoms with Crippen LogP contribution in [-0.2, 0) is 0 Å². The summed E-state index contributed by atoms with van der Waals surface area (Å²) in [6.07, 6.45) is 1.64. The fourth-order valence-corrected chi connectivity index (χ4v) is 2.20. The van der Waals surface area contributed by atoms with Crippen molar-refractivity contribution in [2.75, 3.05) is 25.0 Å². The van der Waals surface area contributed by atoms with Crippen LogP contribution in [0.1, 0.15) is 12.8 Å². The van der Waals surface area contributed by atoms with Crippen molar-refractivity contribution in [3.63, 3.8) is 0 Å². The minimum Gasteiger partial charge on any atom is -0.396 e. The normalized spacial score (nSPS) is 19.0. The molecule has 2 rings (SSSR count). The van der Waals surface area contributed by atoms with Crippen LogP contribution in [0.2, 0.25) is 0 Å². The maximum Gasteiger partial charge on any atom is 0.321 e. The number of urea groups is 1. The van der Waals surface area contributed by atoms with E-state index in [1.807, 2.05) is 0 Å². The number of halogens is 1. The summed E-state index contributed by atoms with van der Waals surface area (Å²) in [7, 11) is 0. The van der Waals surface area contributed by atoms with Crippen LogP contribution in [0.15, 0.2) is 24.3 Å². The molecule has 1 aromatic rings. The first kappa shape index (κ1) is 12.8. The molecular weight excluding hydrogens is 235 g/mol. The van der Waals surface area contributed by atoms with Gasteiger partial charge in [-0.1, -0.05) is 6.07 Å². The molecule has 5 heteroatoms. The molecular formula is C13H17FN2O2. The number of nitrogens with zero attached hydrogens (tertiary/aromatic N) is 1. The van der Waals surface area contributed by atoms with Crippen LogP contribution < -0.4 is 5.32 Å². The molecule has 0 saturated carbocycles. The quantitative estimate of drug-likeness (QED) is 0.865. The topological polar surface area (TPSA) is 52.6 Å². The predicted molar refractivity (Wildman–Crippen MR) is 66.8 cm³/mol. The lowest BCUT2D eigenvalue weighted by atomic mass is 10.1. The van der Waals surface area contributed by atoms with Crippen molar-refractivity contribution in [2.24, 2.45) is 5.92 Å². The second kappa shape index (κ2) is 5.82. The number of amides is 2. The Morgan fingerprint density at radius 2 is 2.39 bits per heavy atom. The molecule has 1 saturated heterocycles. The van der Waals surface area contributed by atoms with Crippen LogP contribution in [0.5, 0.6) is 0 Å². The number of rotatable bonds is 3. The molecule has 1 fully saturated rings. The molecule has 1 heterocycles. The van der Waals surface area contributed by atoms with Gasteiger partial charge < -0.3 is 15.3 Å². The third kappa shape index (κ3) is 3.20. The van der Waals surface area contributed by atoms with Gasteiger partial charge in [-0.05, 0) is 37.0 Å². The van der Waals surface area contributed by atoms with Crippen LogP contribution in [-0.4, -0.2) is 35.7 Å². The third-order valence-corrected chi connectivity index (χ3v) is 3.19. The van der Waals surface area contributed by atoms with Crippen molar-refractivity contribution in [1.29, 1.82) is 0 Å². The fourth-order valence-electron chi connectivity index (χ4n) is 2.20. The Bertz CT molecular complexity index is 425. The average molecular weight is 252 g/mol. The summed E-state index contributed by atoms with van der Waals surface area (Å²) in [4.78, 5) is 13.6. The van der Waals surface area contributed by atoms with E-state index in [-0.39, 0.29) is 18.5 Å². The lowest BCUT2D eigenvalue weighted by Crippen LogP contribution is -2.33. The molecule has 1 unspecified atom stereocenters. The maximum absolute atomic E-state index is 13.0. The van der Waals surface area contributed by atoms with Gasteiger partial charge in [-0.3, -0.25) is 0 Å². The Kier molecular flexibility index (Phi) is 4.15. The van der Waals surface area contributed by atoms with E-state index in [0.717, 1.165) is 12.8 Å². The average Bonchev–Trinajstić information content (AvgIpc) is 2.78. The smallest absolute Gasteiger partial charge is 0.321 e. The van der Waals surface area contributed by atoms with E-state index in [0.29, 0.717) is 24.7 Å². The summed E-state index contributed by atoms with van der Waals surface area (Å²) in [5.41, 5.74) is 0.464. The van der Waals surface area contributed by atoms with Crippen molar-refractivity contribution in [1.82, 2.24) is 4.90 Å². The van der Waals surface area contributed by atoms with Crippen molar-refractivity contribution in [3.05, 3.63) is 30.1 Å². The highest BCUT2D eigenvalue weighted by Gasteiger charge is 2.25. The van der Waals surface area contributed by atoms with Gasteiger partial charge in [-0.2, -0.15) is 0 Å². The molecule has 0 bridgehead atoms. The van der Waals surface area contributed by atoms with Crippen LogP contribution in [0.4, 0.5) is 14.9 Å². The van der Waals surface area contributed by atoms with Gasteiger partial charge in [0.25, 0.3) is 0 Å². The number of anilines is 1. The van der Waals surface area contributed by atoms with E-state index in [9.17, 15) is 9.18 Å². The molecule has 2 amide bonds. The molecule has 1 aromatic carbocycles. The Morgan fingerprint density at radius 1 is 1.56 bits per heavy atom. The van der Waals surface area contributed by atoms with E-state index in [1.54, 1.807) is 17.0 Å². The molecule has 4 nitrogen and oxygen atoms in total. The summed E-state index contributed by atoms with van der Waals surface area (Å²) in [5.74, 6) is 0.000591. The number of hydrogen-bond donors (Lipinski definition) is 2. The molecule has 2 N–H and O–H groups in total. The van der Waals surface area contributed by atoms with E-state index >= 15 is 0 Å². The van der Waals surface area contributed by atoms with Gasteiger partial charge in [0.05, 0.1) is 0 Å². The zero-order valence-electron chi connectivity index (χ0n) is 10.1. The number of carbonyl (C=O) groups excluding carboxylic acids is 1. The number of aliphatic hydroxyl groups is 1. The Hall–Kier alpha value is -1.62. The zero-order valence-corrected chi connectivity index (χ0v) is 10.1. The SMILES string of the molecule is O=C(Nc1cccc(F)c1)N1CCC(CCO)C1. The molecule has 0 aliphatic carbocycles. The Labute approximate surface area is 105 Å². The van der Waals surface area contributed by atoms with Gasteiger partial charge in [-0.15, -0.1) is 0 Å². The number of carbonyl (C=O) groups is 1. The number of hydrogen-bond acceptors (Lipinski definition) is 2. The number of benzene rings is 1. The molecule has 18 heavy (non-hydrogen) atoms. The van der Waals surface area contributed by atoms with Gasteiger partial charge in [0, 0.05) is 25.4 Å². The van der Waals surface area contributed by atoms with Crippen LogP contribution in [0.25, 0.3) is 0 Å². The molecule has 1 aliphatic rings. The molecule has 0 spiro atoms. The van der Waals surface area contributed by atoms with Crippen molar-refractivity contribution in [2.45, 2.75) is 12.8 Å². The highest BCUT2D eigenvalue weighted by atomic mass is 19.1. The third-order valence-electron chi connectivity index (χ3n) is 3.19. The first-order chi connectivity index (χ1) is 8.69. The number of nitrogens with one attached hydrogen (secondary N) is 1. The van der Waals surface area contributed by atoms with Gasteiger partial charge in [0.1, 0.15) is 5.82 Å². The van der Waals surface area contributed by atoms with Crippen molar-refractivity contribution < 1.29 is 14.3 Å². The van der Waals surface area contributed by atoms with Gasteiger partial charge in [0.15, 0.2) is 0 Å². The molecule has 1 aliphatic heterocycles. The van der Waals surface area contributed by atoms with Gasteiger partial charge in [0.2, 0.25) is 0 Å². The van der Waals surface area contributed by atoms with Gasteiger partial charge >= 0.3 is 6.03 Å². The predicted octanol–water partition coefficient (Wildman–Crippen LogP) is 2.06. The molecule has 0 radical (unpaired) electrons. The van der Waals surface area contributed by atoms with Crippen LogP contribution in [0, 0.1) is 11.7 Å². The fraction of sp³-hybridized carbons (Fsp3) is 0.462. The Balaban J connectivity index is 1.89. The lowest BCUT2D eigenvalue weighted by Gasteiger charge is -2.17. The van der Waals surface area contributed by atoms with Crippen LogP contribution in [0.3, 0.4) is 0 Å². The number of likely N-dealkylation sites (tertiary alicyclic amines) is 1. The van der Waals surface area contributed by atoms with E-state index in [2.05, 4.69) is 5.32 Å². The largest absolute Gasteiger partial charge is 0.396 e. The zero-order chi connectivity index (χ0) is 13.0. The lowest BCUT2D eigenvalue weighted by molar-refractivity contribution is 0.217. The van der Waals surface area contributed by atoms with Crippen molar-refractivity contribution >= 4 is 11.7 Å². The summed E-state index contributed by atoms with van der Waals surface area (Å²) in [6.45, 7) is 1.50. The van der Waals surface area contributed by atoms with Crippen LogP contribution >= 0.6 is 0 Å². The Morgan fingerprint density at radius 3 is 3.11 bits per heavy atom. The summed E-state index contributed by atoms with van der Waals surface area (Å²) in [5, 5.41) is 11.5. The monoisotopic (exact) mass is 252 g/mol. The number of aliphatic hydroxyl groups excluding tert-OH is 1. The second-order valence-corrected chi connectivity index (χ2v) is 4.55. The molecule has 1 atom stereocenters. The first-order valence-corrected chi connectivity index (χ1v) is 6.11. The first-order valence-electron chi connectivity index (χ1n) is 6.11. The maximum atomic E-state index is 13.0. The standard InChI is InChI=1S/C13H17FN2O2/c14-11-2-1-3-12(8-11)15-13(18)16-6-4-10(9-16)5-7-17/h1-3,8,10,17H,4-7,9H2,(H,15,18). The molecule has 98 valence electrons. The molecule has 0 aromatic heterocycles. The van der Waals surface area contributed by atoms with E-state index in [4.69, 9.17) is 5.11 Å². The van der Waals surface area contributed by atoms with Gasteiger partial charge in [-0.25, -0.2) is 9.18 Å². The van der Waals surface area contributed by atoms with Crippen molar-refractivity contribution in [3.8, 4) is 0 Å².